The van der Waals surface area contributed by atoms with Crippen LogP contribution in [0.1, 0.15) is 32.3 Å². The zero-order valence-corrected chi connectivity index (χ0v) is 12.3. The van der Waals surface area contributed by atoms with Crippen molar-refractivity contribution in [3.05, 3.63) is 11.9 Å². The first-order valence-corrected chi connectivity index (χ1v) is 8.21. The molecule has 1 aliphatic heterocycles. The number of nitrogens with zero attached hydrogens (tertiary/aromatic N) is 3. The van der Waals surface area contributed by atoms with Gasteiger partial charge in [0, 0.05) is 18.2 Å². The van der Waals surface area contributed by atoms with Gasteiger partial charge in [-0.25, -0.2) is 18.4 Å². The second-order valence-electron chi connectivity index (χ2n) is 5.31. The Hall–Kier alpha value is -1.37. The predicted octanol–water partition coefficient (Wildman–Crippen LogP) is 0.806. The molecule has 19 heavy (non-hydrogen) atoms. The molecule has 2 rings (SSSR count). The van der Waals surface area contributed by atoms with Gasteiger partial charge >= 0.3 is 0 Å². The topological polar surface area (TPSA) is 89.2 Å². The molecule has 106 valence electrons. The minimum Gasteiger partial charge on any atom is -0.383 e. The van der Waals surface area contributed by atoms with E-state index in [2.05, 4.69) is 9.97 Å². The van der Waals surface area contributed by atoms with Gasteiger partial charge in [-0.1, -0.05) is 13.8 Å². The average Bonchev–Trinajstić information content (AvgIpc) is 2.26. The zero-order chi connectivity index (χ0) is 14.2. The first kappa shape index (κ1) is 14.0. The average molecular weight is 284 g/mol. The van der Waals surface area contributed by atoms with Crippen molar-refractivity contribution in [3.8, 4) is 0 Å². The van der Waals surface area contributed by atoms with Gasteiger partial charge in [-0.2, -0.15) is 0 Å². The summed E-state index contributed by atoms with van der Waals surface area (Å²) in [4.78, 5) is 10.4. The molecule has 0 bridgehead atoms. The molecule has 2 heterocycles. The largest absolute Gasteiger partial charge is 0.383 e. The number of sulfone groups is 1. The minimum absolute atomic E-state index is 0.0921. The normalized spacial score (nSPS) is 22.7. The van der Waals surface area contributed by atoms with Crippen LogP contribution in [-0.2, 0) is 9.84 Å². The van der Waals surface area contributed by atoms with Crippen LogP contribution in [0, 0.1) is 0 Å². The molecule has 0 spiro atoms. The van der Waals surface area contributed by atoms with E-state index in [-0.39, 0.29) is 23.5 Å². The third-order valence-corrected chi connectivity index (χ3v) is 5.21. The smallest absolute Gasteiger partial charge is 0.154 e. The van der Waals surface area contributed by atoms with Crippen molar-refractivity contribution in [2.45, 2.75) is 32.7 Å². The van der Waals surface area contributed by atoms with Crippen molar-refractivity contribution in [1.82, 2.24) is 9.97 Å². The van der Waals surface area contributed by atoms with Gasteiger partial charge in [0.05, 0.1) is 11.5 Å². The van der Waals surface area contributed by atoms with Crippen LogP contribution in [0.5, 0.6) is 0 Å². The maximum Gasteiger partial charge on any atom is 0.154 e. The fourth-order valence-electron chi connectivity index (χ4n) is 2.50. The second-order valence-corrected chi connectivity index (χ2v) is 7.54. The summed E-state index contributed by atoms with van der Waals surface area (Å²) >= 11 is 0. The molecule has 0 radical (unpaired) electrons. The number of nitrogen functional groups attached to an aromatic ring is 1. The van der Waals surface area contributed by atoms with Crippen LogP contribution in [0.2, 0.25) is 0 Å². The summed E-state index contributed by atoms with van der Waals surface area (Å²) < 4.78 is 23.3. The molecule has 6 nitrogen and oxygen atoms in total. The van der Waals surface area contributed by atoms with Crippen molar-refractivity contribution in [1.29, 1.82) is 0 Å². The standard InChI is InChI=1S/C12H20N4O2S/c1-8(2)10-11(13)14-7-15-12(10)16-4-5-19(17,18)6-9(16)3/h7-9H,4-6H2,1-3H3,(H2,13,14,15). The fraction of sp³-hybridized carbons (Fsp3) is 0.667. The van der Waals surface area contributed by atoms with Crippen LogP contribution in [0.3, 0.4) is 0 Å². The maximum atomic E-state index is 11.6. The number of hydrogen-bond donors (Lipinski definition) is 1. The summed E-state index contributed by atoms with van der Waals surface area (Å²) in [6.45, 7) is 6.42. The van der Waals surface area contributed by atoms with E-state index in [0.29, 0.717) is 12.4 Å². The van der Waals surface area contributed by atoms with Crippen LogP contribution in [0.25, 0.3) is 0 Å². The summed E-state index contributed by atoms with van der Waals surface area (Å²) in [5.41, 5.74) is 6.83. The maximum absolute atomic E-state index is 11.6. The Bertz CT molecular complexity index is 571. The van der Waals surface area contributed by atoms with Crippen LogP contribution in [0.15, 0.2) is 6.33 Å². The molecule has 0 saturated carbocycles. The van der Waals surface area contributed by atoms with Crippen LogP contribution in [-0.4, -0.2) is 42.5 Å². The molecular weight excluding hydrogens is 264 g/mol. The Kier molecular flexibility index (Phi) is 3.66. The van der Waals surface area contributed by atoms with Gasteiger partial charge in [-0.3, -0.25) is 0 Å². The van der Waals surface area contributed by atoms with Crippen molar-refractivity contribution >= 4 is 21.5 Å². The molecule has 7 heteroatoms. The molecule has 1 aromatic rings. The Morgan fingerprint density at radius 1 is 1.42 bits per heavy atom. The van der Waals surface area contributed by atoms with E-state index in [1.165, 1.54) is 6.33 Å². The molecular formula is C12H20N4O2S. The third kappa shape index (κ3) is 2.80. The highest BCUT2D eigenvalue weighted by molar-refractivity contribution is 7.91. The highest BCUT2D eigenvalue weighted by atomic mass is 32.2. The minimum atomic E-state index is -2.93. The van der Waals surface area contributed by atoms with E-state index in [1.54, 1.807) is 0 Å². The van der Waals surface area contributed by atoms with E-state index in [9.17, 15) is 8.42 Å². The van der Waals surface area contributed by atoms with Crippen LogP contribution >= 0.6 is 0 Å². The number of hydrogen-bond acceptors (Lipinski definition) is 6. The van der Waals surface area contributed by atoms with E-state index >= 15 is 0 Å². The first-order chi connectivity index (χ1) is 8.82. The lowest BCUT2D eigenvalue weighted by Crippen LogP contribution is -2.47. The molecule has 0 aliphatic carbocycles. The van der Waals surface area contributed by atoms with Crippen molar-refractivity contribution in [2.24, 2.45) is 0 Å². The second kappa shape index (κ2) is 4.96. The van der Waals surface area contributed by atoms with Crippen LogP contribution in [0.4, 0.5) is 11.6 Å². The van der Waals surface area contributed by atoms with Gasteiger partial charge in [-0.15, -0.1) is 0 Å². The summed E-state index contributed by atoms with van der Waals surface area (Å²) in [6.07, 6.45) is 1.44. The van der Waals surface area contributed by atoms with E-state index in [0.717, 1.165) is 11.4 Å². The summed E-state index contributed by atoms with van der Waals surface area (Å²) in [5, 5.41) is 0. The summed E-state index contributed by atoms with van der Waals surface area (Å²) in [7, 11) is -2.93. The third-order valence-electron chi connectivity index (χ3n) is 3.41. The van der Waals surface area contributed by atoms with Gasteiger partial charge in [0.1, 0.15) is 18.0 Å². The van der Waals surface area contributed by atoms with Crippen LogP contribution < -0.4 is 10.6 Å². The molecule has 0 aromatic carbocycles. The van der Waals surface area contributed by atoms with Gasteiger partial charge in [-0.05, 0) is 12.8 Å². The molecule has 2 N–H and O–H groups in total. The molecule has 1 unspecified atom stereocenters. The lowest BCUT2D eigenvalue weighted by atomic mass is 10.0. The highest BCUT2D eigenvalue weighted by Crippen LogP contribution is 2.31. The first-order valence-electron chi connectivity index (χ1n) is 6.39. The van der Waals surface area contributed by atoms with Gasteiger partial charge in [0.2, 0.25) is 0 Å². The molecule has 1 fully saturated rings. The van der Waals surface area contributed by atoms with Crippen molar-refractivity contribution in [2.75, 3.05) is 28.7 Å². The lowest BCUT2D eigenvalue weighted by molar-refractivity contribution is 0.565. The van der Waals surface area contributed by atoms with Gasteiger partial charge in [0.15, 0.2) is 9.84 Å². The number of rotatable bonds is 2. The van der Waals surface area contributed by atoms with Crippen molar-refractivity contribution < 1.29 is 8.42 Å². The van der Waals surface area contributed by atoms with E-state index < -0.39 is 9.84 Å². The Morgan fingerprint density at radius 2 is 2.11 bits per heavy atom. The Morgan fingerprint density at radius 3 is 2.68 bits per heavy atom. The fourth-order valence-corrected chi connectivity index (χ4v) is 4.05. The molecule has 1 saturated heterocycles. The number of aromatic nitrogens is 2. The molecule has 1 aromatic heterocycles. The predicted molar refractivity (Wildman–Crippen MR) is 76.0 cm³/mol. The summed E-state index contributed by atoms with van der Waals surface area (Å²) in [6, 6.07) is -0.0921. The van der Waals surface area contributed by atoms with Crippen molar-refractivity contribution in [3.63, 3.8) is 0 Å². The molecule has 1 atom stereocenters. The lowest BCUT2D eigenvalue weighted by Gasteiger charge is -2.35. The van der Waals surface area contributed by atoms with E-state index in [1.807, 2.05) is 25.7 Å². The molecule has 0 amide bonds. The SMILES string of the molecule is CC(C)c1c(N)ncnc1N1CCS(=O)(=O)CC1C. The van der Waals surface area contributed by atoms with Gasteiger partial charge < -0.3 is 10.6 Å². The number of anilines is 2. The van der Waals surface area contributed by atoms with Gasteiger partial charge in [0.25, 0.3) is 0 Å². The Labute approximate surface area is 114 Å². The Balaban J connectivity index is 2.40. The van der Waals surface area contributed by atoms with E-state index in [4.69, 9.17) is 5.73 Å². The quantitative estimate of drug-likeness (QED) is 0.864. The number of nitrogens with two attached hydrogens (primary N) is 1. The summed E-state index contributed by atoms with van der Waals surface area (Å²) in [5.74, 6) is 1.76. The highest BCUT2D eigenvalue weighted by Gasteiger charge is 2.31. The molecule has 1 aliphatic rings. The zero-order valence-electron chi connectivity index (χ0n) is 11.5. The monoisotopic (exact) mass is 284 g/mol.